The van der Waals surface area contributed by atoms with Crippen molar-refractivity contribution < 1.29 is 0 Å². The average molecular weight is 477 g/mol. The molecule has 1 heterocycles. The fourth-order valence-corrected chi connectivity index (χ4v) is 2.42. The maximum atomic E-state index is 4.61. The minimum absolute atomic E-state index is 0. The van der Waals surface area contributed by atoms with Crippen LogP contribution in [-0.4, -0.2) is 23.6 Å². The second-order valence-electron chi connectivity index (χ2n) is 4.67. The molecule has 0 radical (unpaired) electrons. The zero-order chi connectivity index (χ0) is 14.9. The number of nitrogens with one attached hydrogen (secondary N) is 2. The number of rotatable bonds is 6. The molecule has 120 valence electrons. The van der Waals surface area contributed by atoms with Gasteiger partial charge >= 0.3 is 0 Å². The first kappa shape index (κ1) is 19.0. The minimum atomic E-state index is 0. The molecule has 1 aromatic carbocycles. The molecule has 1 aromatic heterocycles. The molecule has 0 fully saturated rings. The van der Waals surface area contributed by atoms with E-state index in [1.54, 1.807) is 0 Å². The highest BCUT2D eigenvalue weighted by molar-refractivity contribution is 14.0. The van der Waals surface area contributed by atoms with Crippen LogP contribution in [0, 0.1) is 0 Å². The monoisotopic (exact) mass is 476 g/mol. The molecule has 0 spiro atoms. The van der Waals surface area contributed by atoms with Crippen molar-refractivity contribution in [1.29, 1.82) is 0 Å². The lowest BCUT2D eigenvalue weighted by Gasteiger charge is -2.11. The largest absolute Gasteiger partial charge is 0.357 e. The third kappa shape index (κ3) is 6.83. The van der Waals surface area contributed by atoms with Crippen LogP contribution in [-0.2, 0) is 13.1 Å². The van der Waals surface area contributed by atoms with Gasteiger partial charge in [0.05, 0.1) is 6.54 Å². The molecule has 0 saturated heterocycles. The van der Waals surface area contributed by atoms with E-state index in [0.717, 1.165) is 30.1 Å². The van der Waals surface area contributed by atoms with Gasteiger partial charge in [-0.1, -0.05) is 28.1 Å². The maximum Gasteiger partial charge on any atom is 0.191 e. The number of nitrogens with zero attached hydrogens (tertiary/aromatic N) is 2. The van der Waals surface area contributed by atoms with E-state index in [-0.39, 0.29) is 24.0 Å². The Morgan fingerprint density at radius 1 is 1.18 bits per heavy atom. The Kier molecular flexibility index (Phi) is 9.22. The summed E-state index contributed by atoms with van der Waals surface area (Å²) in [5.41, 5.74) is 1.19. The summed E-state index contributed by atoms with van der Waals surface area (Å²) in [4.78, 5) is 4.61. The molecular formula is C16H22BrIN4. The Hall–Kier alpha value is -1.02. The number of guanidine groups is 1. The van der Waals surface area contributed by atoms with Crippen LogP contribution in [0.5, 0.6) is 0 Å². The van der Waals surface area contributed by atoms with Crippen molar-refractivity contribution in [2.45, 2.75) is 20.0 Å². The number of benzene rings is 1. The fraction of sp³-hybridized carbons (Fsp3) is 0.312. The summed E-state index contributed by atoms with van der Waals surface area (Å²) in [6, 6.07) is 12.3. The highest BCUT2D eigenvalue weighted by Gasteiger charge is 1.98. The van der Waals surface area contributed by atoms with E-state index in [0.29, 0.717) is 6.54 Å². The predicted octanol–water partition coefficient (Wildman–Crippen LogP) is 3.62. The molecule has 0 atom stereocenters. The zero-order valence-corrected chi connectivity index (χ0v) is 16.5. The van der Waals surface area contributed by atoms with Gasteiger partial charge in [0.15, 0.2) is 5.96 Å². The lowest BCUT2D eigenvalue weighted by Crippen LogP contribution is -2.38. The number of aromatic nitrogens is 1. The molecule has 4 nitrogen and oxygen atoms in total. The summed E-state index contributed by atoms with van der Waals surface area (Å²) in [5.74, 6) is 0.852. The Morgan fingerprint density at radius 2 is 1.95 bits per heavy atom. The van der Waals surface area contributed by atoms with Crippen LogP contribution in [0.1, 0.15) is 12.5 Å². The third-order valence-corrected chi connectivity index (χ3v) is 3.47. The molecule has 0 amide bonds. The van der Waals surface area contributed by atoms with Crippen molar-refractivity contribution in [3.63, 3.8) is 0 Å². The Labute approximate surface area is 157 Å². The van der Waals surface area contributed by atoms with Crippen LogP contribution in [0.2, 0.25) is 0 Å². The van der Waals surface area contributed by atoms with Crippen LogP contribution in [0.3, 0.4) is 0 Å². The van der Waals surface area contributed by atoms with Crippen molar-refractivity contribution in [3.05, 3.63) is 58.8 Å². The quantitative estimate of drug-likeness (QED) is 0.379. The van der Waals surface area contributed by atoms with E-state index in [9.17, 15) is 0 Å². The van der Waals surface area contributed by atoms with Crippen LogP contribution in [0.15, 0.2) is 58.3 Å². The smallest absolute Gasteiger partial charge is 0.191 e. The standard InChI is InChI=1S/C16H21BrN4.HI/c1-2-18-16(19-8-11-21-9-3-4-10-21)20-13-14-6-5-7-15(17)12-14;/h3-7,9-10,12H,2,8,11,13H2,1H3,(H2,18,19,20);1H. The molecule has 0 aliphatic heterocycles. The van der Waals surface area contributed by atoms with Gasteiger partial charge in [-0.15, -0.1) is 24.0 Å². The van der Waals surface area contributed by atoms with Gasteiger partial charge < -0.3 is 15.2 Å². The molecule has 0 aliphatic rings. The SMILES string of the molecule is CCNC(=NCc1cccc(Br)c1)NCCn1cccc1.I. The first-order valence-corrected chi connectivity index (χ1v) is 7.94. The Balaban J connectivity index is 0.00000242. The number of halogens is 2. The van der Waals surface area contributed by atoms with E-state index in [1.807, 2.05) is 24.3 Å². The number of aliphatic imine (C=N–C) groups is 1. The lowest BCUT2D eigenvalue weighted by atomic mass is 10.2. The molecule has 0 saturated carbocycles. The molecule has 0 aliphatic carbocycles. The average Bonchev–Trinajstić information content (AvgIpc) is 2.98. The molecule has 2 aromatic rings. The topological polar surface area (TPSA) is 41.4 Å². The molecule has 0 bridgehead atoms. The van der Waals surface area contributed by atoms with Gasteiger partial charge in [-0.25, -0.2) is 4.99 Å². The van der Waals surface area contributed by atoms with E-state index in [2.05, 4.69) is 67.6 Å². The normalized spacial score (nSPS) is 10.9. The van der Waals surface area contributed by atoms with Gasteiger partial charge in [0.2, 0.25) is 0 Å². The second kappa shape index (κ2) is 10.7. The zero-order valence-electron chi connectivity index (χ0n) is 12.6. The maximum absolute atomic E-state index is 4.61. The van der Waals surface area contributed by atoms with Crippen LogP contribution in [0.4, 0.5) is 0 Å². The lowest BCUT2D eigenvalue weighted by molar-refractivity contribution is 0.666. The molecule has 2 rings (SSSR count). The van der Waals surface area contributed by atoms with E-state index in [1.165, 1.54) is 5.56 Å². The van der Waals surface area contributed by atoms with E-state index < -0.39 is 0 Å². The molecule has 6 heteroatoms. The first-order valence-electron chi connectivity index (χ1n) is 7.15. The van der Waals surface area contributed by atoms with Crippen LogP contribution < -0.4 is 10.6 Å². The van der Waals surface area contributed by atoms with Crippen molar-refractivity contribution >= 4 is 45.9 Å². The van der Waals surface area contributed by atoms with Crippen molar-refractivity contribution in [1.82, 2.24) is 15.2 Å². The van der Waals surface area contributed by atoms with E-state index >= 15 is 0 Å². The molecule has 0 unspecified atom stereocenters. The molecule has 2 N–H and O–H groups in total. The number of hydrogen-bond acceptors (Lipinski definition) is 1. The van der Waals surface area contributed by atoms with Gasteiger partial charge in [-0.2, -0.15) is 0 Å². The Morgan fingerprint density at radius 3 is 2.64 bits per heavy atom. The molecule has 22 heavy (non-hydrogen) atoms. The summed E-state index contributed by atoms with van der Waals surface area (Å²) in [6.45, 7) is 5.36. The van der Waals surface area contributed by atoms with Gasteiger partial charge in [0.25, 0.3) is 0 Å². The summed E-state index contributed by atoms with van der Waals surface area (Å²) in [7, 11) is 0. The summed E-state index contributed by atoms with van der Waals surface area (Å²) >= 11 is 3.48. The third-order valence-electron chi connectivity index (χ3n) is 2.98. The van der Waals surface area contributed by atoms with Crippen molar-refractivity contribution in [2.24, 2.45) is 4.99 Å². The highest BCUT2D eigenvalue weighted by Crippen LogP contribution is 2.12. The van der Waals surface area contributed by atoms with Crippen molar-refractivity contribution in [2.75, 3.05) is 13.1 Å². The van der Waals surface area contributed by atoms with Gasteiger partial charge in [0, 0.05) is 36.5 Å². The van der Waals surface area contributed by atoms with Crippen LogP contribution >= 0.6 is 39.9 Å². The van der Waals surface area contributed by atoms with Crippen LogP contribution in [0.25, 0.3) is 0 Å². The summed E-state index contributed by atoms with van der Waals surface area (Å²) < 4.78 is 3.23. The minimum Gasteiger partial charge on any atom is -0.357 e. The predicted molar refractivity (Wildman–Crippen MR) is 107 cm³/mol. The fourth-order valence-electron chi connectivity index (χ4n) is 1.97. The number of hydrogen-bond donors (Lipinski definition) is 2. The molecular weight excluding hydrogens is 455 g/mol. The Bertz CT molecular complexity index is 569. The van der Waals surface area contributed by atoms with Gasteiger partial charge in [-0.05, 0) is 36.8 Å². The van der Waals surface area contributed by atoms with Crippen molar-refractivity contribution in [3.8, 4) is 0 Å². The summed E-state index contributed by atoms with van der Waals surface area (Å²) in [6.07, 6.45) is 4.13. The van der Waals surface area contributed by atoms with E-state index in [4.69, 9.17) is 0 Å². The van der Waals surface area contributed by atoms with Gasteiger partial charge in [0.1, 0.15) is 0 Å². The second-order valence-corrected chi connectivity index (χ2v) is 5.59. The highest BCUT2D eigenvalue weighted by atomic mass is 127. The van der Waals surface area contributed by atoms with Gasteiger partial charge in [-0.3, -0.25) is 0 Å². The summed E-state index contributed by atoms with van der Waals surface area (Å²) in [5, 5.41) is 6.62. The first-order chi connectivity index (χ1) is 10.3.